The summed E-state index contributed by atoms with van der Waals surface area (Å²) in [5.74, 6) is 1.04. The van der Waals surface area contributed by atoms with Crippen molar-refractivity contribution in [3.05, 3.63) is 35.9 Å². The van der Waals surface area contributed by atoms with Crippen molar-refractivity contribution in [2.75, 3.05) is 18.8 Å². The second-order valence-corrected chi connectivity index (χ2v) is 6.47. The first-order valence-corrected chi connectivity index (χ1v) is 7.76. The van der Waals surface area contributed by atoms with E-state index >= 15 is 0 Å². The van der Waals surface area contributed by atoms with Crippen LogP contribution in [0.5, 0.6) is 0 Å². The molecule has 0 saturated carbocycles. The highest BCUT2D eigenvalue weighted by molar-refractivity contribution is 7.99. The van der Waals surface area contributed by atoms with Gasteiger partial charge in [-0.05, 0) is 18.9 Å². The summed E-state index contributed by atoms with van der Waals surface area (Å²) in [7, 11) is 0. The van der Waals surface area contributed by atoms with E-state index in [4.69, 9.17) is 11.6 Å². The van der Waals surface area contributed by atoms with E-state index in [2.05, 4.69) is 24.3 Å². The molecule has 98 valence electrons. The first-order chi connectivity index (χ1) is 8.68. The third-order valence-electron chi connectivity index (χ3n) is 3.16. The van der Waals surface area contributed by atoms with Crippen LogP contribution >= 0.6 is 23.4 Å². The minimum atomic E-state index is -0.414. The van der Waals surface area contributed by atoms with Gasteiger partial charge in [0.1, 0.15) is 5.38 Å². The molecule has 0 bridgehead atoms. The molecule has 0 radical (unpaired) electrons. The van der Waals surface area contributed by atoms with Crippen LogP contribution in [-0.2, 0) is 4.79 Å². The van der Waals surface area contributed by atoms with Gasteiger partial charge in [-0.15, -0.1) is 11.6 Å². The first kappa shape index (κ1) is 13.8. The molecule has 0 N–H and O–H groups in total. The molecule has 1 amide bonds. The van der Waals surface area contributed by atoms with Gasteiger partial charge in [-0.2, -0.15) is 11.8 Å². The molecule has 1 heterocycles. The summed E-state index contributed by atoms with van der Waals surface area (Å²) in [6.07, 6.45) is 1.00. The minimum absolute atomic E-state index is 0.0611. The molecule has 1 aliphatic rings. The van der Waals surface area contributed by atoms with E-state index in [0.717, 1.165) is 25.3 Å². The maximum atomic E-state index is 11.9. The van der Waals surface area contributed by atoms with Gasteiger partial charge in [-0.1, -0.05) is 30.3 Å². The predicted molar refractivity (Wildman–Crippen MR) is 78.2 cm³/mol. The Kier molecular flexibility index (Phi) is 4.95. The summed E-state index contributed by atoms with van der Waals surface area (Å²) in [6, 6.07) is 10.5. The summed E-state index contributed by atoms with van der Waals surface area (Å²) >= 11 is 7.80. The van der Waals surface area contributed by atoms with E-state index in [9.17, 15) is 4.79 Å². The normalized spacial score (nSPS) is 22.3. The lowest BCUT2D eigenvalue weighted by Gasteiger charge is -2.21. The van der Waals surface area contributed by atoms with Crippen LogP contribution in [0.4, 0.5) is 0 Å². The number of hydrogen-bond donors (Lipinski definition) is 0. The number of carbonyl (C=O) groups is 1. The molecule has 1 saturated heterocycles. The summed E-state index contributed by atoms with van der Waals surface area (Å²) in [6.45, 7) is 3.36. The Bertz CT molecular complexity index is 396. The molecule has 1 aromatic rings. The Morgan fingerprint density at radius 3 is 2.78 bits per heavy atom. The molecule has 2 atom stereocenters. The number of hydrogen-bond acceptors (Lipinski definition) is 2. The quantitative estimate of drug-likeness (QED) is 0.776. The van der Waals surface area contributed by atoms with Gasteiger partial charge in [0, 0.05) is 24.1 Å². The zero-order valence-electron chi connectivity index (χ0n) is 10.5. The van der Waals surface area contributed by atoms with E-state index in [1.165, 1.54) is 5.56 Å². The maximum Gasteiger partial charge on any atom is 0.240 e. The SMILES string of the molecule is CC(Cl)C(=O)N1CCSC(c2ccccc2)CC1. The number of alkyl halides is 1. The number of halogens is 1. The van der Waals surface area contributed by atoms with E-state index in [1.807, 2.05) is 22.7 Å². The van der Waals surface area contributed by atoms with Crippen molar-refractivity contribution in [3.8, 4) is 0 Å². The molecule has 0 aliphatic carbocycles. The van der Waals surface area contributed by atoms with Crippen LogP contribution in [0, 0.1) is 0 Å². The lowest BCUT2D eigenvalue weighted by Crippen LogP contribution is -2.37. The number of nitrogens with zero attached hydrogens (tertiary/aromatic N) is 1. The van der Waals surface area contributed by atoms with Crippen LogP contribution in [0.2, 0.25) is 0 Å². The Balaban J connectivity index is 1.99. The lowest BCUT2D eigenvalue weighted by molar-refractivity contribution is -0.130. The summed E-state index contributed by atoms with van der Waals surface area (Å²) in [5, 5.41) is 0.0814. The molecule has 1 aromatic carbocycles. The van der Waals surface area contributed by atoms with Gasteiger partial charge in [-0.25, -0.2) is 0 Å². The van der Waals surface area contributed by atoms with Gasteiger partial charge < -0.3 is 4.90 Å². The molecule has 2 rings (SSSR count). The van der Waals surface area contributed by atoms with Crippen LogP contribution < -0.4 is 0 Å². The fourth-order valence-electron chi connectivity index (χ4n) is 2.18. The average Bonchev–Trinajstić information content (AvgIpc) is 2.64. The topological polar surface area (TPSA) is 20.3 Å². The Hall–Kier alpha value is -0.670. The maximum absolute atomic E-state index is 11.9. The van der Waals surface area contributed by atoms with Crippen molar-refractivity contribution < 1.29 is 4.79 Å². The van der Waals surface area contributed by atoms with Gasteiger partial charge in [0.25, 0.3) is 0 Å². The summed E-state index contributed by atoms with van der Waals surface area (Å²) in [4.78, 5) is 13.8. The van der Waals surface area contributed by atoms with Crippen LogP contribution in [-0.4, -0.2) is 35.0 Å². The number of thioether (sulfide) groups is 1. The van der Waals surface area contributed by atoms with Gasteiger partial charge in [-0.3, -0.25) is 4.79 Å². The Morgan fingerprint density at radius 2 is 2.11 bits per heavy atom. The van der Waals surface area contributed by atoms with Crippen molar-refractivity contribution in [2.45, 2.75) is 24.0 Å². The van der Waals surface area contributed by atoms with E-state index in [1.54, 1.807) is 6.92 Å². The predicted octanol–water partition coefficient (Wildman–Crippen LogP) is 3.32. The largest absolute Gasteiger partial charge is 0.341 e. The van der Waals surface area contributed by atoms with Crippen LogP contribution in [0.1, 0.15) is 24.2 Å². The molecule has 1 fully saturated rings. The standard InChI is InChI=1S/C14H18ClNOS/c1-11(15)14(17)16-8-7-13(18-10-9-16)12-5-3-2-4-6-12/h2-6,11,13H,7-10H2,1H3. The highest BCUT2D eigenvalue weighted by Gasteiger charge is 2.23. The number of rotatable bonds is 2. The van der Waals surface area contributed by atoms with Crippen molar-refractivity contribution in [1.29, 1.82) is 0 Å². The third-order valence-corrected chi connectivity index (χ3v) is 4.68. The second kappa shape index (κ2) is 6.48. The summed E-state index contributed by atoms with van der Waals surface area (Å²) < 4.78 is 0. The van der Waals surface area contributed by atoms with Gasteiger partial charge in [0.2, 0.25) is 5.91 Å². The van der Waals surface area contributed by atoms with E-state index in [0.29, 0.717) is 5.25 Å². The molecular weight excluding hydrogens is 266 g/mol. The molecule has 0 spiro atoms. The van der Waals surface area contributed by atoms with Crippen molar-refractivity contribution >= 4 is 29.3 Å². The highest BCUT2D eigenvalue weighted by atomic mass is 35.5. The lowest BCUT2D eigenvalue weighted by atomic mass is 10.1. The number of amides is 1. The zero-order valence-corrected chi connectivity index (χ0v) is 12.1. The van der Waals surface area contributed by atoms with Crippen LogP contribution in [0.15, 0.2) is 30.3 Å². The fourth-order valence-corrected chi connectivity index (χ4v) is 3.55. The monoisotopic (exact) mass is 283 g/mol. The second-order valence-electron chi connectivity index (χ2n) is 4.50. The van der Waals surface area contributed by atoms with Crippen LogP contribution in [0.25, 0.3) is 0 Å². The third kappa shape index (κ3) is 3.42. The Morgan fingerprint density at radius 1 is 1.39 bits per heavy atom. The molecule has 0 aromatic heterocycles. The molecule has 18 heavy (non-hydrogen) atoms. The number of carbonyl (C=O) groups excluding carboxylic acids is 1. The van der Waals surface area contributed by atoms with Crippen molar-refractivity contribution in [1.82, 2.24) is 4.90 Å². The fraction of sp³-hybridized carbons (Fsp3) is 0.500. The van der Waals surface area contributed by atoms with E-state index in [-0.39, 0.29) is 5.91 Å². The Labute approximate surface area is 118 Å². The molecule has 1 aliphatic heterocycles. The first-order valence-electron chi connectivity index (χ1n) is 6.28. The van der Waals surface area contributed by atoms with Crippen molar-refractivity contribution in [3.63, 3.8) is 0 Å². The van der Waals surface area contributed by atoms with E-state index < -0.39 is 5.38 Å². The number of benzene rings is 1. The molecule has 4 heteroatoms. The summed E-state index contributed by atoms with van der Waals surface area (Å²) in [5.41, 5.74) is 1.36. The van der Waals surface area contributed by atoms with Gasteiger partial charge >= 0.3 is 0 Å². The average molecular weight is 284 g/mol. The smallest absolute Gasteiger partial charge is 0.240 e. The van der Waals surface area contributed by atoms with Crippen molar-refractivity contribution in [2.24, 2.45) is 0 Å². The minimum Gasteiger partial charge on any atom is -0.341 e. The zero-order chi connectivity index (χ0) is 13.0. The molecule has 2 unspecified atom stereocenters. The molecule has 2 nitrogen and oxygen atoms in total. The van der Waals surface area contributed by atoms with Gasteiger partial charge in [0.15, 0.2) is 0 Å². The van der Waals surface area contributed by atoms with Crippen LogP contribution in [0.3, 0.4) is 0 Å². The van der Waals surface area contributed by atoms with Gasteiger partial charge in [0.05, 0.1) is 0 Å². The highest BCUT2D eigenvalue weighted by Crippen LogP contribution is 2.34. The molecular formula is C14H18ClNOS.